The van der Waals surface area contributed by atoms with E-state index in [0.717, 1.165) is 11.3 Å². The molecular weight excluding hydrogens is 298 g/mol. The number of para-hydroxylation sites is 2. The highest BCUT2D eigenvalue weighted by Gasteiger charge is 2.38. The number of benzene rings is 2. The first-order valence-electron chi connectivity index (χ1n) is 7.42. The van der Waals surface area contributed by atoms with Gasteiger partial charge in [-0.3, -0.25) is 0 Å². The molecule has 1 aliphatic rings. The Hall–Kier alpha value is -1.85. The molecule has 0 radical (unpaired) electrons. The number of anilines is 2. The van der Waals surface area contributed by atoms with Crippen LogP contribution in [0.3, 0.4) is 0 Å². The second kappa shape index (κ2) is 6.10. The van der Waals surface area contributed by atoms with Gasteiger partial charge in [-0.1, -0.05) is 36.4 Å². The number of hydrogen-bond acceptors (Lipinski definition) is 3. The minimum Gasteiger partial charge on any atom is -0.396 e. The summed E-state index contributed by atoms with van der Waals surface area (Å²) in [5, 5.41) is 8.55. The van der Waals surface area contributed by atoms with Crippen molar-refractivity contribution in [2.75, 3.05) is 10.9 Å². The van der Waals surface area contributed by atoms with E-state index in [1.807, 2.05) is 54.6 Å². The minimum absolute atomic E-state index is 0.0129. The van der Waals surface area contributed by atoms with Crippen LogP contribution in [0.5, 0.6) is 0 Å². The maximum absolute atomic E-state index is 13.0. The van der Waals surface area contributed by atoms with E-state index >= 15 is 0 Å². The van der Waals surface area contributed by atoms with Gasteiger partial charge in [0.1, 0.15) is 0 Å². The quantitative estimate of drug-likeness (QED) is 0.943. The van der Waals surface area contributed by atoms with Gasteiger partial charge in [-0.05, 0) is 43.0 Å². The second-order valence-corrected chi connectivity index (χ2v) is 7.53. The van der Waals surface area contributed by atoms with E-state index in [4.69, 9.17) is 5.11 Å². The zero-order valence-corrected chi connectivity index (χ0v) is 13.0. The van der Waals surface area contributed by atoms with Crippen LogP contribution in [0.25, 0.3) is 0 Å². The average Bonchev–Trinajstić information content (AvgIpc) is 2.53. The number of hydrogen-bond donors (Lipinski definition) is 1. The fourth-order valence-corrected chi connectivity index (χ4v) is 4.96. The largest absolute Gasteiger partial charge is 0.396 e. The van der Waals surface area contributed by atoms with Crippen LogP contribution >= 0.6 is 0 Å². The third kappa shape index (κ3) is 2.62. The Bertz CT molecular complexity index is 744. The molecule has 1 atom stereocenters. The van der Waals surface area contributed by atoms with Gasteiger partial charge in [0, 0.05) is 6.61 Å². The van der Waals surface area contributed by atoms with Crippen molar-refractivity contribution in [3.63, 3.8) is 0 Å². The van der Waals surface area contributed by atoms with Crippen molar-refractivity contribution in [2.45, 2.75) is 24.5 Å². The van der Waals surface area contributed by atoms with E-state index in [0.29, 0.717) is 24.9 Å². The molecule has 4 nitrogen and oxygen atoms in total. The Labute approximate surface area is 131 Å². The van der Waals surface area contributed by atoms with Crippen LogP contribution in [0.15, 0.2) is 54.6 Å². The van der Waals surface area contributed by atoms with Crippen molar-refractivity contribution in [3.05, 3.63) is 60.2 Å². The van der Waals surface area contributed by atoms with Crippen molar-refractivity contribution < 1.29 is 13.5 Å². The molecule has 0 aliphatic carbocycles. The highest BCUT2D eigenvalue weighted by atomic mass is 32.2. The van der Waals surface area contributed by atoms with E-state index in [9.17, 15) is 8.42 Å². The number of aliphatic hydroxyl groups excluding tert-OH is 1. The van der Waals surface area contributed by atoms with Crippen molar-refractivity contribution in [2.24, 2.45) is 0 Å². The van der Waals surface area contributed by atoms with Gasteiger partial charge in [-0.25, -0.2) is 12.7 Å². The molecule has 1 aliphatic heterocycles. The molecular formula is C17H19NO3S. The van der Waals surface area contributed by atoms with Gasteiger partial charge in [0.25, 0.3) is 0 Å². The maximum atomic E-state index is 13.0. The predicted molar refractivity (Wildman–Crippen MR) is 87.8 cm³/mol. The summed E-state index contributed by atoms with van der Waals surface area (Å²) in [5.41, 5.74) is 2.42. The molecule has 1 N–H and O–H groups in total. The Balaban J connectivity index is 2.12. The van der Waals surface area contributed by atoms with Gasteiger partial charge in [-0.15, -0.1) is 0 Å². The summed E-state index contributed by atoms with van der Waals surface area (Å²) >= 11 is 0. The standard InChI is InChI=1S/C17H19NO3S/c19-12-6-10-16-13-14-7-4-5-11-17(14)18(22(16,20)21)15-8-2-1-3-9-15/h1-5,7-9,11,16,19H,6,10,12-13H2/t16-/m1/s1. The fourth-order valence-electron chi connectivity index (χ4n) is 2.94. The summed E-state index contributed by atoms with van der Waals surface area (Å²) in [6.07, 6.45) is 1.47. The summed E-state index contributed by atoms with van der Waals surface area (Å²) in [5.74, 6) is 0. The summed E-state index contributed by atoms with van der Waals surface area (Å²) in [4.78, 5) is 0. The number of fused-ring (bicyclic) bond motifs is 1. The molecule has 5 heteroatoms. The van der Waals surface area contributed by atoms with Crippen LogP contribution in [-0.2, 0) is 16.4 Å². The molecule has 2 aromatic carbocycles. The van der Waals surface area contributed by atoms with Crippen LogP contribution in [0.1, 0.15) is 18.4 Å². The van der Waals surface area contributed by atoms with Crippen molar-refractivity contribution >= 4 is 21.4 Å². The van der Waals surface area contributed by atoms with Crippen LogP contribution in [0, 0.1) is 0 Å². The summed E-state index contributed by atoms with van der Waals surface area (Å²) < 4.78 is 27.5. The zero-order chi connectivity index (χ0) is 15.6. The van der Waals surface area contributed by atoms with E-state index in [-0.39, 0.29) is 6.61 Å². The smallest absolute Gasteiger partial charge is 0.242 e. The van der Waals surface area contributed by atoms with Crippen LogP contribution in [0.4, 0.5) is 11.4 Å². The molecule has 116 valence electrons. The van der Waals surface area contributed by atoms with Crippen molar-refractivity contribution in [3.8, 4) is 0 Å². The lowest BCUT2D eigenvalue weighted by molar-refractivity contribution is 0.283. The van der Waals surface area contributed by atoms with E-state index < -0.39 is 15.3 Å². The first-order valence-corrected chi connectivity index (χ1v) is 8.93. The van der Waals surface area contributed by atoms with Crippen molar-refractivity contribution in [1.29, 1.82) is 0 Å². The maximum Gasteiger partial charge on any atom is 0.242 e. The average molecular weight is 317 g/mol. The Morgan fingerprint density at radius 1 is 1.05 bits per heavy atom. The predicted octanol–water partition coefficient (Wildman–Crippen LogP) is 2.85. The fraction of sp³-hybridized carbons (Fsp3) is 0.294. The van der Waals surface area contributed by atoms with Gasteiger partial charge < -0.3 is 5.11 Å². The molecule has 3 rings (SSSR count). The molecule has 0 bridgehead atoms. The van der Waals surface area contributed by atoms with Gasteiger partial charge in [-0.2, -0.15) is 0 Å². The summed E-state index contributed by atoms with van der Waals surface area (Å²) in [7, 11) is -3.48. The minimum atomic E-state index is -3.48. The second-order valence-electron chi connectivity index (χ2n) is 5.47. The van der Waals surface area contributed by atoms with E-state index in [2.05, 4.69) is 0 Å². The van der Waals surface area contributed by atoms with Crippen molar-refractivity contribution in [1.82, 2.24) is 0 Å². The topological polar surface area (TPSA) is 57.6 Å². The molecule has 0 unspecified atom stereocenters. The highest BCUT2D eigenvalue weighted by Crippen LogP contribution is 2.39. The Morgan fingerprint density at radius 3 is 2.45 bits per heavy atom. The first kappa shape index (κ1) is 15.1. The van der Waals surface area contributed by atoms with Gasteiger partial charge in [0.05, 0.1) is 16.6 Å². The lowest BCUT2D eigenvalue weighted by Gasteiger charge is -2.35. The highest BCUT2D eigenvalue weighted by molar-refractivity contribution is 7.93. The Morgan fingerprint density at radius 2 is 1.73 bits per heavy atom. The number of nitrogens with zero attached hydrogens (tertiary/aromatic N) is 1. The number of rotatable bonds is 4. The zero-order valence-electron chi connectivity index (χ0n) is 12.2. The van der Waals surface area contributed by atoms with Crippen LogP contribution < -0.4 is 4.31 Å². The number of sulfonamides is 1. The van der Waals surface area contributed by atoms with Gasteiger partial charge >= 0.3 is 0 Å². The molecule has 0 aromatic heterocycles. The van der Waals surface area contributed by atoms with Crippen LogP contribution in [0.2, 0.25) is 0 Å². The normalized spacial score (nSPS) is 19.7. The molecule has 22 heavy (non-hydrogen) atoms. The SMILES string of the molecule is O=S1(=O)[C@H](CCCO)Cc2ccccc2N1c1ccccc1. The van der Waals surface area contributed by atoms with E-state index in [1.54, 1.807) is 0 Å². The molecule has 1 heterocycles. The monoisotopic (exact) mass is 317 g/mol. The molecule has 0 saturated carbocycles. The molecule has 0 saturated heterocycles. The molecule has 0 fully saturated rings. The number of aliphatic hydroxyl groups is 1. The van der Waals surface area contributed by atoms with Gasteiger partial charge in [0.15, 0.2) is 0 Å². The molecule has 0 spiro atoms. The van der Waals surface area contributed by atoms with E-state index in [1.165, 1.54) is 4.31 Å². The Kier molecular flexibility index (Phi) is 4.18. The third-order valence-electron chi connectivity index (χ3n) is 4.01. The first-order chi connectivity index (χ1) is 10.6. The molecule has 2 aromatic rings. The third-order valence-corrected chi connectivity index (χ3v) is 6.17. The lowest BCUT2D eigenvalue weighted by Crippen LogP contribution is -2.41. The van der Waals surface area contributed by atoms with Crippen LogP contribution in [-0.4, -0.2) is 25.4 Å². The molecule has 0 amide bonds. The summed E-state index contributed by atoms with van der Waals surface area (Å²) in [6, 6.07) is 16.8. The van der Waals surface area contributed by atoms with Gasteiger partial charge in [0.2, 0.25) is 10.0 Å². The summed E-state index contributed by atoms with van der Waals surface area (Å²) in [6.45, 7) is 0.0129. The lowest BCUT2D eigenvalue weighted by atomic mass is 10.0.